The van der Waals surface area contributed by atoms with Gasteiger partial charge in [-0.3, -0.25) is 9.48 Å². The van der Waals surface area contributed by atoms with Crippen molar-refractivity contribution < 1.29 is 13.2 Å². The highest BCUT2D eigenvalue weighted by atomic mass is 32.2. The highest BCUT2D eigenvalue weighted by Gasteiger charge is 2.32. The molecule has 0 bridgehead atoms. The van der Waals surface area contributed by atoms with E-state index in [4.69, 9.17) is 0 Å². The number of carbonyl (C=O) groups is 1. The lowest BCUT2D eigenvalue weighted by Gasteiger charge is -2.35. The second kappa shape index (κ2) is 8.51. The van der Waals surface area contributed by atoms with Gasteiger partial charge in [-0.2, -0.15) is 9.40 Å². The summed E-state index contributed by atoms with van der Waals surface area (Å²) in [6, 6.07) is 5.22. The molecule has 1 aromatic carbocycles. The summed E-state index contributed by atoms with van der Waals surface area (Å²) in [7, 11) is -3.55. The van der Waals surface area contributed by atoms with Crippen LogP contribution in [0.15, 0.2) is 23.1 Å². The van der Waals surface area contributed by atoms with Crippen molar-refractivity contribution in [2.75, 3.05) is 26.2 Å². The number of benzene rings is 1. The van der Waals surface area contributed by atoms with Gasteiger partial charge in [0.2, 0.25) is 15.9 Å². The summed E-state index contributed by atoms with van der Waals surface area (Å²) in [4.78, 5) is 15.0. The minimum atomic E-state index is -3.55. The van der Waals surface area contributed by atoms with Gasteiger partial charge in [0.25, 0.3) is 0 Å². The van der Waals surface area contributed by atoms with Crippen molar-refractivity contribution in [2.24, 2.45) is 5.92 Å². The number of amides is 1. The summed E-state index contributed by atoms with van der Waals surface area (Å²) in [5, 5.41) is 4.53. The van der Waals surface area contributed by atoms with Crippen molar-refractivity contribution in [1.29, 1.82) is 0 Å². The molecule has 2 aromatic rings. The van der Waals surface area contributed by atoms with Gasteiger partial charge in [0.15, 0.2) is 0 Å². The number of aryl methyl sites for hydroxylation is 3. The molecule has 164 valence electrons. The number of sulfonamides is 1. The van der Waals surface area contributed by atoms with Crippen LogP contribution >= 0.6 is 0 Å². The fourth-order valence-electron chi connectivity index (χ4n) is 3.79. The maximum atomic E-state index is 13.0. The van der Waals surface area contributed by atoms with Crippen LogP contribution in [0.2, 0.25) is 0 Å². The van der Waals surface area contributed by atoms with Gasteiger partial charge >= 0.3 is 0 Å². The third-order valence-corrected chi connectivity index (χ3v) is 8.17. The van der Waals surface area contributed by atoms with E-state index in [1.54, 1.807) is 17.0 Å². The molecule has 0 aliphatic carbocycles. The van der Waals surface area contributed by atoms with Gasteiger partial charge in [-0.1, -0.05) is 13.0 Å². The molecule has 0 saturated carbocycles. The zero-order chi connectivity index (χ0) is 22.2. The van der Waals surface area contributed by atoms with E-state index in [1.165, 1.54) is 4.31 Å². The van der Waals surface area contributed by atoms with Gasteiger partial charge in [0.1, 0.15) is 0 Å². The zero-order valence-electron chi connectivity index (χ0n) is 18.8. The largest absolute Gasteiger partial charge is 0.340 e. The van der Waals surface area contributed by atoms with Crippen LogP contribution in [0.3, 0.4) is 0 Å². The van der Waals surface area contributed by atoms with Crippen molar-refractivity contribution in [2.45, 2.75) is 53.0 Å². The maximum Gasteiger partial charge on any atom is 0.243 e. The molecule has 1 aliphatic rings. The molecule has 8 heteroatoms. The second-order valence-electron chi connectivity index (χ2n) is 8.35. The lowest BCUT2D eigenvalue weighted by molar-refractivity contribution is -0.136. The van der Waals surface area contributed by atoms with Crippen molar-refractivity contribution >= 4 is 15.9 Å². The predicted octanol–water partition coefficient (Wildman–Crippen LogP) is 2.59. The third-order valence-electron chi connectivity index (χ3n) is 6.28. The Balaban J connectivity index is 1.63. The number of aromatic nitrogens is 2. The normalized spacial score (nSPS) is 16.7. The number of piperazine rings is 1. The highest BCUT2D eigenvalue weighted by Crippen LogP contribution is 2.21. The van der Waals surface area contributed by atoms with Crippen LogP contribution in [0.25, 0.3) is 0 Å². The number of carbonyl (C=O) groups excluding carboxylic acids is 1. The first kappa shape index (κ1) is 22.5. The number of hydrogen-bond donors (Lipinski definition) is 0. The van der Waals surface area contributed by atoms with Gasteiger partial charge in [0.05, 0.1) is 23.1 Å². The molecule has 0 unspecified atom stereocenters. The van der Waals surface area contributed by atoms with Crippen molar-refractivity contribution in [1.82, 2.24) is 19.0 Å². The summed E-state index contributed by atoms with van der Waals surface area (Å²) in [5.41, 5.74) is 5.24. The van der Waals surface area contributed by atoms with Crippen LogP contribution in [-0.2, 0) is 21.4 Å². The Hall–Kier alpha value is -2.19. The van der Waals surface area contributed by atoms with E-state index in [1.807, 2.05) is 52.3 Å². The van der Waals surface area contributed by atoms with Crippen LogP contribution in [-0.4, -0.2) is 59.5 Å². The summed E-state index contributed by atoms with van der Waals surface area (Å²) < 4.78 is 29.3. The Bertz CT molecular complexity index is 1050. The summed E-state index contributed by atoms with van der Waals surface area (Å²) in [6.45, 7) is 13.8. The van der Waals surface area contributed by atoms with E-state index in [0.717, 1.165) is 28.1 Å². The first-order valence-corrected chi connectivity index (χ1v) is 11.8. The highest BCUT2D eigenvalue weighted by molar-refractivity contribution is 7.89. The Morgan fingerprint density at radius 1 is 1.03 bits per heavy atom. The molecule has 1 aromatic heterocycles. The number of nitrogens with zero attached hydrogens (tertiary/aromatic N) is 4. The molecule has 0 spiro atoms. The fraction of sp³-hybridized carbons (Fsp3) is 0.545. The molecule has 2 heterocycles. The Labute approximate surface area is 179 Å². The summed E-state index contributed by atoms with van der Waals surface area (Å²) >= 11 is 0. The van der Waals surface area contributed by atoms with Crippen molar-refractivity contribution in [3.8, 4) is 0 Å². The molecule has 3 rings (SSSR count). The maximum absolute atomic E-state index is 13.0. The monoisotopic (exact) mass is 432 g/mol. The smallest absolute Gasteiger partial charge is 0.243 e. The lowest BCUT2D eigenvalue weighted by Crippen LogP contribution is -2.52. The first-order chi connectivity index (χ1) is 14.0. The first-order valence-electron chi connectivity index (χ1n) is 10.4. The predicted molar refractivity (Wildman–Crippen MR) is 117 cm³/mol. The van der Waals surface area contributed by atoms with Crippen LogP contribution < -0.4 is 0 Å². The molecule has 7 nitrogen and oxygen atoms in total. The van der Waals surface area contributed by atoms with Gasteiger partial charge in [-0.05, 0) is 63.4 Å². The minimum absolute atomic E-state index is 0.0448. The molecular formula is C22H32N4O3S. The molecule has 0 radical (unpaired) electrons. The Morgan fingerprint density at radius 2 is 1.67 bits per heavy atom. The van der Waals surface area contributed by atoms with Crippen LogP contribution in [0.1, 0.15) is 35.0 Å². The SMILES string of the molecule is Cc1ccc(S(=O)(=O)N2CCN(C(=O)[C@H](C)Cn3nc(C)c(C)c3C)CC2)cc1C. The second-order valence-corrected chi connectivity index (χ2v) is 10.3. The molecular weight excluding hydrogens is 400 g/mol. The topological polar surface area (TPSA) is 75.5 Å². The van der Waals surface area contributed by atoms with Crippen LogP contribution in [0.5, 0.6) is 0 Å². The molecule has 30 heavy (non-hydrogen) atoms. The fourth-order valence-corrected chi connectivity index (χ4v) is 5.29. The van der Waals surface area contributed by atoms with E-state index in [0.29, 0.717) is 37.6 Å². The average molecular weight is 433 g/mol. The van der Waals surface area contributed by atoms with E-state index in [9.17, 15) is 13.2 Å². The third kappa shape index (κ3) is 4.30. The molecule has 1 saturated heterocycles. The molecule has 1 fully saturated rings. The van der Waals surface area contributed by atoms with Crippen molar-refractivity contribution in [3.63, 3.8) is 0 Å². The molecule has 0 N–H and O–H groups in total. The molecule has 1 amide bonds. The standard InChI is InChI=1S/C22H32N4O3S/c1-15-7-8-21(13-16(15)2)30(28,29)25-11-9-24(10-12-25)22(27)17(3)14-26-20(6)18(4)19(5)23-26/h7-8,13,17H,9-12,14H2,1-6H3/t17-/m1/s1. The van der Waals surface area contributed by atoms with Gasteiger partial charge in [-0.25, -0.2) is 8.42 Å². The number of rotatable bonds is 5. The van der Waals surface area contributed by atoms with E-state index in [2.05, 4.69) is 5.10 Å². The van der Waals surface area contributed by atoms with Crippen molar-refractivity contribution in [3.05, 3.63) is 46.3 Å². The number of hydrogen-bond acceptors (Lipinski definition) is 4. The summed E-state index contributed by atoms with van der Waals surface area (Å²) in [6.07, 6.45) is 0. The van der Waals surface area contributed by atoms with Gasteiger partial charge in [-0.15, -0.1) is 0 Å². The molecule has 1 aliphatic heterocycles. The lowest BCUT2D eigenvalue weighted by atomic mass is 10.1. The van der Waals surface area contributed by atoms with Gasteiger partial charge < -0.3 is 4.90 Å². The minimum Gasteiger partial charge on any atom is -0.340 e. The Morgan fingerprint density at radius 3 is 2.20 bits per heavy atom. The van der Waals surface area contributed by atoms with Crippen LogP contribution in [0.4, 0.5) is 0 Å². The average Bonchev–Trinajstić information content (AvgIpc) is 2.96. The van der Waals surface area contributed by atoms with E-state index >= 15 is 0 Å². The molecule has 1 atom stereocenters. The zero-order valence-corrected chi connectivity index (χ0v) is 19.6. The van der Waals surface area contributed by atoms with E-state index in [-0.39, 0.29) is 11.8 Å². The summed E-state index contributed by atoms with van der Waals surface area (Å²) in [5.74, 6) is -0.172. The quantitative estimate of drug-likeness (QED) is 0.728. The Kier molecular flexibility index (Phi) is 6.38. The van der Waals surface area contributed by atoms with E-state index < -0.39 is 10.0 Å². The van der Waals surface area contributed by atoms with Crippen LogP contribution in [0, 0.1) is 40.5 Å². The van der Waals surface area contributed by atoms with Gasteiger partial charge in [0, 0.05) is 31.9 Å².